The third kappa shape index (κ3) is 11.3. The van der Waals surface area contributed by atoms with Gasteiger partial charge in [-0.2, -0.15) is 0 Å². The topological polar surface area (TPSA) is 69.4 Å². The Kier molecular flexibility index (Phi) is 15.3. The molecule has 0 saturated carbocycles. The summed E-state index contributed by atoms with van der Waals surface area (Å²) in [6.07, 6.45) is 6.23. The predicted octanol–water partition coefficient (Wildman–Crippen LogP) is 8.02. The molecule has 0 spiro atoms. The molecule has 1 saturated heterocycles. The summed E-state index contributed by atoms with van der Waals surface area (Å²) in [4.78, 5) is 29.3. The molecule has 1 aromatic rings. The number of carbonyl (C=O) groups is 1. The van der Waals surface area contributed by atoms with Gasteiger partial charge in [-0.1, -0.05) is 68.1 Å². The summed E-state index contributed by atoms with van der Waals surface area (Å²) in [6, 6.07) is 5.64. The van der Waals surface area contributed by atoms with E-state index in [0.29, 0.717) is 36.0 Å². The molecule has 43 heavy (non-hydrogen) atoms. The molecule has 1 unspecified atom stereocenters. The standard InChI is InChI=1S/C26H35F2N5OS.C6H4ClF/c1-7-12-30-24(17(3)4)26(34)32-19-14-22-20(21(29-6)10-9-11-23(27)28)15-31-25(33(22)16-19)18(5)35-13-8-2;7-5-2-1-3-6(8)4-5/h7-10,12-13,17,19,23H,5,11,14-16H2,1-4,6H3,(H,32,34);1-4H/b10-9-,12-7-,13-8-,29-21?,30-24?;. The highest BCUT2D eigenvalue weighted by Gasteiger charge is 2.37. The van der Waals surface area contributed by atoms with E-state index in [2.05, 4.69) is 26.8 Å². The van der Waals surface area contributed by atoms with Gasteiger partial charge in [0.2, 0.25) is 6.43 Å². The lowest BCUT2D eigenvalue weighted by Gasteiger charge is -2.29. The van der Waals surface area contributed by atoms with Crippen LogP contribution in [0.2, 0.25) is 5.02 Å². The Hall–Kier alpha value is -3.37. The molecule has 1 N–H and O–H groups in total. The molecule has 0 aromatic heterocycles. The minimum Gasteiger partial charge on any atom is -0.346 e. The highest BCUT2D eigenvalue weighted by Crippen LogP contribution is 2.34. The van der Waals surface area contributed by atoms with Crippen LogP contribution < -0.4 is 5.32 Å². The number of rotatable bonds is 11. The van der Waals surface area contributed by atoms with Crippen LogP contribution in [0.5, 0.6) is 0 Å². The van der Waals surface area contributed by atoms with Gasteiger partial charge in [0.25, 0.3) is 5.91 Å². The summed E-state index contributed by atoms with van der Waals surface area (Å²) < 4.78 is 37.4. The highest BCUT2D eigenvalue weighted by atomic mass is 35.5. The highest BCUT2D eigenvalue weighted by molar-refractivity contribution is 8.06. The number of aliphatic imine (C=N–C) groups is 3. The first-order chi connectivity index (χ1) is 20.5. The monoisotopic (exact) mass is 633 g/mol. The van der Waals surface area contributed by atoms with Crippen LogP contribution >= 0.6 is 23.4 Å². The number of hydrogen-bond acceptors (Lipinski definition) is 6. The minimum atomic E-state index is -2.41. The number of alkyl halides is 2. The SMILES string of the molecule is C=C(S/C=C\C)C1=NCC(C(/C=C\CC(F)F)=NC)=C2CC(NC(=O)C(=N/C=C\C)C(C)C)CN12.Fc1cccc(Cl)c1. The summed E-state index contributed by atoms with van der Waals surface area (Å²) >= 11 is 6.89. The van der Waals surface area contributed by atoms with E-state index in [1.54, 1.807) is 37.5 Å². The molecule has 1 atom stereocenters. The van der Waals surface area contributed by atoms with Gasteiger partial charge in [0, 0.05) is 59.7 Å². The minimum absolute atomic E-state index is 0.0297. The number of benzene rings is 1. The van der Waals surface area contributed by atoms with Crippen molar-refractivity contribution in [1.82, 2.24) is 10.2 Å². The van der Waals surface area contributed by atoms with Crippen molar-refractivity contribution in [3.8, 4) is 0 Å². The average Bonchev–Trinajstić information content (AvgIpc) is 3.37. The Bertz CT molecular complexity index is 1330. The third-order valence-electron chi connectivity index (χ3n) is 6.16. The fourth-order valence-corrected chi connectivity index (χ4v) is 5.03. The number of hydrogen-bond donors (Lipinski definition) is 1. The van der Waals surface area contributed by atoms with Crippen molar-refractivity contribution in [2.75, 3.05) is 20.1 Å². The summed E-state index contributed by atoms with van der Waals surface area (Å²) in [5.41, 5.74) is 2.93. The van der Waals surface area contributed by atoms with Crippen LogP contribution in [0.3, 0.4) is 0 Å². The smallest absolute Gasteiger partial charge is 0.266 e. The van der Waals surface area contributed by atoms with Crippen molar-refractivity contribution >= 4 is 46.5 Å². The van der Waals surface area contributed by atoms with Crippen LogP contribution in [-0.4, -0.2) is 60.7 Å². The number of nitrogens with one attached hydrogen (secondary N) is 1. The van der Waals surface area contributed by atoms with E-state index in [-0.39, 0.29) is 30.1 Å². The lowest BCUT2D eigenvalue weighted by atomic mass is 10.0. The van der Waals surface area contributed by atoms with Gasteiger partial charge in [-0.3, -0.25) is 19.8 Å². The van der Waals surface area contributed by atoms with Gasteiger partial charge in [0.05, 0.1) is 18.3 Å². The van der Waals surface area contributed by atoms with E-state index in [1.165, 1.54) is 30.0 Å². The Balaban J connectivity index is 0.000000694. The summed E-state index contributed by atoms with van der Waals surface area (Å²) in [7, 11) is 1.64. The summed E-state index contributed by atoms with van der Waals surface area (Å²) in [5.74, 6) is 0.226. The number of fused-ring (bicyclic) bond motifs is 1. The van der Waals surface area contributed by atoms with Crippen LogP contribution in [0.4, 0.5) is 13.2 Å². The van der Waals surface area contributed by atoms with Crippen molar-refractivity contribution in [2.24, 2.45) is 20.9 Å². The second-order valence-electron chi connectivity index (χ2n) is 9.79. The Morgan fingerprint density at radius 3 is 2.60 bits per heavy atom. The largest absolute Gasteiger partial charge is 0.346 e. The zero-order chi connectivity index (χ0) is 31.9. The second kappa shape index (κ2) is 18.3. The number of allylic oxidation sites excluding steroid dienone is 4. The van der Waals surface area contributed by atoms with Crippen LogP contribution in [0.25, 0.3) is 0 Å². The molecule has 0 radical (unpaired) electrons. The van der Waals surface area contributed by atoms with Crippen molar-refractivity contribution in [2.45, 2.75) is 53.0 Å². The molecule has 0 aliphatic carbocycles. The van der Waals surface area contributed by atoms with Gasteiger partial charge in [-0.25, -0.2) is 13.2 Å². The van der Waals surface area contributed by atoms with Gasteiger partial charge in [0.15, 0.2) is 0 Å². The van der Waals surface area contributed by atoms with Crippen LogP contribution in [0, 0.1) is 11.7 Å². The van der Waals surface area contributed by atoms with E-state index in [1.807, 2.05) is 39.2 Å². The summed E-state index contributed by atoms with van der Waals surface area (Å²) in [5, 5.41) is 5.50. The van der Waals surface area contributed by atoms with E-state index in [9.17, 15) is 18.0 Å². The zero-order valence-electron chi connectivity index (χ0n) is 25.2. The quantitative estimate of drug-likeness (QED) is 0.251. The number of amides is 1. The van der Waals surface area contributed by atoms with Gasteiger partial charge >= 0.3 is 0 Å². The van der Waals surface area contributed by atoms with Gasteiger partial charge in [-0.05, 0) is 43.5 Å². The number of carbonyl (C=O) groups excluding carboxylic acids is 1. The Labute approximate surface area is 262 Å². The molecule has 1 amide bonds. The molecule has 232 valence electrons. The van der Waals surface area contributed by atoms with Crippen LogP contribution in [0.1, 0.15) is 40.5 Å². The Morgan fingerprint density at radius 1 is 1.30 bits per heavy atom. The normalized spacial score (nSPS) is 17.7. The first-order valence-electron chi connectivity index (χ1n) is 13.9. The number of thioether (sulfide) groups is 1. The van der Waals surface area contributed by atoms with Crippen molar-refractivity contribution < 1.29 is 18.0 Å². The van der Waals surface area contributed by atoms with Crippen molar-refractivity contribution in [3.05, 3.63) is 93.8 Å². The maximum atomic E-state index is 13.0. The number of nitrogens with zero attached hydrogens (tertiary/aromatic N) is 4. The lowest BCUT2D eigenvalue weighted by Crippen LogP contribution is -2.43. The fourth-order valence-electron chi connectivity index (χ4n) is 4.27. The fraction of sp³-hybridized carbons (Fsp3) is 0.375. The molecule has 2 heterocycles. The molecular formula is C32H39ClF3N5OS. The Morgan fingerprint density at radius 2 is 2.05 bits per heavy atom. The second-order valence-corrected chi connectivity index (χ2v) is 11.2. The molecule has 0 bridgehead atoms. The predicted molar refractivity (Wildman–Crippen MR) is 176 cm³/mol. The van der Waals surface area contributed by atoms with Crippen LogP contribution in [0.15, 0.2) is 97.9 Å². The van der Waals surface area contributed by atoms with E-state index >= 15 is 0 Å². The molecule has 6 nitrogen and oxygen atoms in total. The first-order valence-corrected chi connectivity index (χ1v) is 15.1. The van der Waals surface area contributed by atoms with Crippen LogP contribution in [-0.2, 0) is 4.79 Å². The van der Waals surface area contributed by atoms with Gasteiger partial charge < -0.3 is 10.2 Å². The third-order valence-corrected chi connectivity index (χ3v) is 7.27. The van der Waals surface area contributed by atoms with Crippen molar-refractivity contribution in [1.29, 1.82) is 0 Å². The van der Waals surface area contributed by atoms with E-state index < -0.39 is 6.43 Å². The molecule has 2 aliphatic rings. The molecule has 2 aliphatic heterocycles. The van der Waals surface area contributed by atoms with Gasteiger partial charge in [-0.15, -0.1) is 0 Å². The molecule has 3 rings (SSSR count). The molecule has 11 heteroatoms. The van der Waals surface area contributed by atoms with E-state index in [4.69, 9.17) is 16.6 Å². The number of amidine groups is 1. The maximum Gasteiger partial charge on any atom is 0.266 e. The number of halogens is 4. The van der Waals surface area contributed by atoms with E-state index in [0.717, 1.165) is 22.0 Å². The summed E-state index contributed by atoms with van der Waals surface area (Å²) in [6.45, 7) is 12.7. The molecule has 1 fully saturated rings. The first kappa shape index (κ1) is 35.8. The zero-order valence-corrected chi connectivity index (χ0v) is 26.7. The lowest BCUT2D eigenvalue weighted by molar-refractivity contribution is -0.115. The average molecular weight is 634 g/mol. The molecular weight excluding hydrogens is 595 g/mol. The van der Waals surface area contributed by atoms with Gasteiger partial charge in [0.1, 0.15) is 17.4 Å². The maximum absolute atomic E-state index is 13.0. The van der Waals surface area contributed by atoms with Crippen molar-refractivity contribution in [3.63, 3.8) is 0 Å². The molecule has 1 aromatic carbocycles.